The number of carbonyl (C=O) groups is 3. The number of hydrogen-bond acceptors (Lipinski definition) is 4. The minimum Gasteiger partial charge on any atom is -0.326 e. The van der Waals surface area contributed by atoms with Gasteiger partial charge in [0.2, 0.25) is 11.8 Å². The van der Waals surface area contributed by atoms with E-state index in [0.717, 1.165) is 9.13 Å². The van der Waals surface area contributed by atoms with Crippen LogP contribution in [0.4, 0.5) is 5.69 Å². The zero-order valence-electron chi connectivity index (χ0n) is 15.0. The lowest BCUT2D eigenvalue weighted by molar-refractivity contribution is -0.124. The van der Waals surface area contributed by atoms with Gasteiger partial charge in [-0.1, -0.05) is 24.3 Å². The van der Waals surface area contributed by atoms with Crippen LogP contribution in [-0.2, 0) is 9.59 Å². The number of nitrogens with one attached hydrogen (secondary N) is 4. The number of halogens is 1. The molecule has 0 atom stereocenters. The number of rotatable bonds is 5. The Hall–Kier alpha value is -2.53. The molecule has 0 aromatic heterocycles. The molecule has 0 saturated carbocycles. The fourth-order valence-corrected chi connectivity index (χ4v) is 2.76. The van der Waals surface area contributed by atoms with Crippen LogP contribution >= 0.6 is 34.8 Å². The molecular formula is C19H19IN4O3S. The summed E-state index contributed by atoms with van der Waals surface area (Å²) in [7, 11) is 0. The van der Waals surface area contributed by atoms with Gasteiger partial charge in [0.25, 0.3) is 5.91 Å². The van der Waals surface area contributed by atoms with Gasteiger partial charge in [0.05, 0.1) is 0 Å². The molecule has 2 rings (SSSR count). The van der Waals surface area contributed by atoms with Crippen molar-refractivity contribution in [3.63, 3.8) is 0 Å². The van der Waals surface area contributed by atoms with Gasteiger partial charge in [-0.15, -0.1) is 0 Å². The lowest BCUT2D eigenvalue weighted by atomic mass is 10.1. The average Bonchev–Trinajstić information content (AvgIpc) is 2.67. The highest BCUT2D eigenvalue weighted by molar-refractivity contribution is 14.1. The molecule has 28 heavy (non-hydrogen) atoms. The van der Waals surface area contributed by atoms with Crippen molar-refractivity contribution in [1.29, 1.82) is 0 Å². The highest BCUT2D eigenvalue weighted by atomic mass is 127. The summed E-state index contributed by atoms with van der Waals surface area (Å²) in [5, 5.41) is 5.13. The van der Waals surface area contributed by atoms with E-state index in [-0.39, 0.29) is 29.8 Å². The Morgan fingerprint density at radius 2 is 1.64 bits per heavy atom. The zero-order valence-corrected chi connectivity index (χ0v) is 18.0. The first-order valence-electron chi connectivity index (χ1n) is 8.36. The summed E-state index contributed by atoms with van der Waals surface area (Å²) in [6.07, 6.45) is -0.0122. The van der Waals surface area contributed by atoms with Crippen molar-refractivity contribution in [2.45, 2.75) is 19.8 Å². The van der Waals surface area contributed by atoms with Crippen molar-refractivity contribution in [3.8, 4) is 0 Å². The molecule has 0 fully saturated rings. The van der Waals surface area contributed by atoms with Crippen LogP contribution in [0, 0.1) is 10.5 Å². The maximum atomic E-state index is 12.1. The maximum absolute atomic E-state index is 12.1. The van der Waals surface area contributed by atoms with Gasteiger partial charge in [-0.25, -0.2) is 0 Å². The Morgan fingerprint density at radius 1 is 0.964 bits per heavy atom. The largest absolute Gasteiger partial charge is 0.326 e. The molecule has 0 unspecified atom stereocenters. The van der Waals surface area contributed by atoms with E-state index in [1.165, 1.54) is 0 Å². The monoisotopic (exact) mass is 510 g/mol. The van der Waals surface area contributed by atoms with Crippen molar-refractivity contribution in [2.75, 3.05) is 5.32 Å². The van der Waals surface area contributed by atoms with Gasteiger partial charge in [-0.3, -0.25) is 30.6 Å². The minimum absolute atomic E-state index is 0.0172. The first kappa shape index (κ1) is 21.8. The number of hydrogen-bond donors (Lipinski definition) is 4. The molecule has 2 aromatic carbocycles. The molecule has 0 aliphatic carbocycles. The summed E-state index contributed by atoms with van der Waals surface area (Å²) in [5.74, 6) is -1.08. The molecule has 2 aromatic rings. The Labute approximate surface area is 181 Å². The third-order valence-electron chi connectivity index (χ3n) is 3.61. The highest BCUT2D eigenvalue weighted by Gasteiger charge is 2.11. The number of hydrazine groups is 1. The van der Waals surface area contributed by atoms with Crippen LogP contribution in [0.3, 0.4) is 0 Å². The summed E-state index contributed by atoms with van der Waals surface area (Å²) >= 11 is 7.14. The normalized spacial score (nSPS) is 9.93. The van der Waals surface area contributed by atoms with Crippen molar-refractivity contribution >= 4 is 63.3 Å². The topological polar surface area (TPSA) is 99.3 Å². The number of amides is 3. The minimum atomic E-state index is -0.426. The lowest BCUT2D eigenvalue weighted by Crippen LogP contribution is -2.48. The second-order valence-corrected chi connectivity index (χ2v) is 7.41. The Morgan fingerprint density at radius 3 is 2.32 bits per heavy atom. The number of thiocarbonyl (C=S) groups is 1. The molecule has 0 spiro atoms. The molecule has 3 amide bonds. The van der Waals surface area contributed by atoms with Crippen LogP contribution in [0.5, 0.6) is 0 Å². The second-order valence-electron chi connectivity index (χ2n) is 5.83. The van der Waals surface area contributed by atoms with Crippen LogP contribution in [-0.4, -0.2) is 22.8 Å². The van der Waals surface area contributed by atoms with Crippen LogP contribution < -0.4 is 21.5 Å². The van der Waals surface area contributed by atoms with Gasteiger partial charge in [-0.2, -0.15) is 0 Å². The molecule has 0 heterocycles. The van der Waals surface area contributed by atoms with Gasteiger partial charge in [0.1, 0.15) is 0 Å². The van der Waals surface area contributed by atoms with Gasteiger partial charge in [0.15, 0.2) is 5.11 Å². The van der Waals surface area contributed by atoms with Gasteiger partial charge >= 0.3 is 0 Å². The molecule has 9 heteroatoms. The van der Waals surface area contributed by atoms with Crippen molar-refractivity contribution in [1.82, 2.24) is 16.2 Å². The molecule has 7 nitrogen and oxygen atoms in total. The van der Waals surface area contributed by atoms with E-state index in [9.17, 15) is 14.4 Å². The first-order valence-corrected chi connectivity index (χ1v) is 9.85. The number of anilines is 1. The number of benzene rings is 2. The van der Waals surface area contributed by atoms with Crippen molar-refractivity contribution in [2.24, 2.45) is 0 Å². The molecule has 0 saturated heterocycles. The smallest absolute Gasteiger partial charge is 0.257 e. The van der Waals surface area contributed by atoms with Crippen molar-refractivity contribution < 1.29 is 14.4 Å². The maximum Gasteiger partial charge on any atom is 0.257 e. The Kier molecular flexibility index (Phi) is 8.33. The number of para-hydroxylation sites is 1. The molecule has 0 bridgehead atoms. The van der Waals surface area contributed by atoms with Crippen LogP contribution in [0.15, 0.2) is 48.5 Å². The van der Waals surface area contributed by atoms with E-state index in [1.807, 2.05) is 19.1 Å². The second kappa shape index (κ2) is 10.7. The molecule has 0 aliphatic heterocycles. The zero-order chi connectivity index (χ0) is 20.5. The SMILES string of the molecule is Cc1ccc(C(=O)NC(=S)NNC(=O)CCC(=O)Nc2ccccc2)cc1I. The number of aryl methyl sites for hydroxylation is 1. The van der Waals surface area contributed by atoms with E-state index in [2.05, 4.69) is 44.1 Å². The summed E-state index contributed by atoms with van der Waals surface area (Å²) in [6.45, 7) is 1.95. The van der Waals surface area contributed by atoms with Gasteiger partial charge < -0.3 is 5.32 Å². The molecule has 0 aliphatic rings. The van der Waals surface area contributed by atoms with Crippen LogP contribution in [0.1, 0.15) is 28.8 Å². The standard InChI is InChI=1S/C19H19IN4O3S/c1-12-7-8-13(11-15(12)20)18(27)22-19(28)24-23-17(26)10-9-16(25)21-14-5-3-2-4-6-14/h2-8,11H,9-10H2,1H3,(H,21,25)(H,23,26)(H2,22,24,27,28). The summed E-state index contributed by atoms with van der Waals surface area (Å²) in [6, 6.07) is 14.3. The van der Waals surface area contributed by atoms with E-state index in [1.54, 1.807) is 36.4 Å². The molecular weight excluding hydrogens is 491 g/mol. The van der Waals surface area contributed by atoms with Crippen LogP contribution in [0.25, 0.3) is 0 Å². The van der Waals surface area contributed by atoms with Gasteiger partial charge in [0, 0.05) is 27.7 Å². The molecule has 146 valence electrons. The highest BCUT2D eigenvalue weighted by Crippen LogP contribution is 2.13. The van der Waals surface area contributed by atoms with E-state index in [0.29, 0.717) is 11.3 Å². The first-order chi connectivity index (χ1) is 13.3. The fraction of sp³-hybridized carbons (Fsp3) is 0.158. The Bertz CT molecular complexity index is 890. The fourth-order valence-electron chi connectivity index (χ4n) is 2.10. The lowest BCUT2D eigenvalue weighted by Gasteiger charge is -2.11. The average molecular weight is 510 g/mol. The van der Waals surface area contributed by atoms with Gasteiger partial charge in [-0.05, 0) is 71.6 Å². The molecule has 0 radical (unpaired) electrons. The summed E-state index contributed by atoms with van der Waals surface area (Å²) < 4.78 is 0.964. The molecule has 4 N–H and O–H groups in total. The third-order valence-corrected chi connectivity index (χ3v) is 4.98. The summed E-state index contributed by atoms with van der Waals surface area (Å²) in [4.78, 5) is 35.8. The van der Waals surface area contributed by atoms with E-state index < -0.39 is 5.91 Å². The van der Waals surface area contributed by atoms with E-state index >= 15 is 0 Å². The Balaban J connectivity index is 1.70. The predicted molar refractivity (Wildman–Crippen MR) is 120 cm³/mol. The predicted octanol–water partition coefficient (Wildman–Crippen LogP) is 2.65. The third kappa shape index (κ3) is 7.24. The van der Waals surface area contributed by atoms with E-state index in [4.69, 9.17) is 12.2 Å². The number of carbonyl (C=O) groups excluding carboxylic acids is 3. The van der Waals surface area contributed by atoms with Crippen molar-refractivity contribution in [3.05, 3.63) is 63.2 Å². The van der Waals surface area contributed by atoms with Crippen LogP contribution in [0.2, 0.25) is 0 Å². The quantitative estimate of drug-likeness (QED) is 0.282. The summed E-state index contributed by atoms with van der Waals surface area (Å²) in [5.41, 5.74) is 7.00.